The number of benzene rings is 2. The van der Waals surface area contributed by atoms with Gasteiger partial charge in [-0.1, -0.05) is 0 Å². The summed E-state index contributed by atoms with van der Waals surface area (Å²) < 4.78 is 39.3. The van der Waals surface area contributed by atoms with Gasteiger partial charge in [-0.15, -0.1) is 0 Å². The fraction of sp³-hybridized carbons (Fsp3) is 0.188. The molecule has 5 nitrogen and oxygen atoms in total. The van der Waals surface area contributed by atoms with Gasteiger partial charge in [-0.25, -0.2) is 17.8 Å². The van der Waals surface area contributed by atoms with E-state index in [4.69, 9.17) is 5.73 Å². The second-order valence-corrected chi connectivity index (χ2v) is 7.34. The molecule has 0 aliphatic carbocycles. The lowest BCUT2D eigenvalue weighted by atomic mass is 10.2. The molecule has 0 unspecified atom stereocenters. The van der Waals surface area contributed by atoms with Crippen LogP contribution >= 0.6 is 0 Å². The number of imidazole rings is 1. The van der Waals surface area contributed by atoms with E-state index in [9.17, 15) is 12.8 Å². The van der Waals surface area contributed by atoms with Crippen molar-refractivity contribution < 1.29 is 12.8 Å². The van der Waals surface area contributed by atoms with Gasteiger partial charge in [0.25, 0.3) is 0 Å². The molecule has 3 rings (SSSR count). The number of rotatable bonds is 4. The third-order valence-corrected chi connectivity index (χ3v) is 5.39. The monoisotopic (exact) mass is 333 g/mol. The third-order valence-electron chi connectivity index (χ3n) is 3.62. The second-order valence-electron chi connectivity index (χ2n) is 5.23. The number of sulfone groups is 1. The zero-order valence-corrected chi connectivity index (χ0v) is 13.3. The van der Waals surface area contributed by atoms with Crippen molar-refractivity contribution in [2.45, 2.75) is 11.8 Å². The van der Waals surface area contributed by atoms with E-state index in [1.807, 2.05) is 6.92 Å². The van der Waals surface area contributed by atoms with Gasteiger partial charge in [-0.05, 0) is 43.3 Å². The van der Waals surface area contributed by atoms with E-state index >= 15 is 0 Å². The van der Waals surface area contributed by atoms with Crippen LogP contribution < -0.4 is 5.73 Å². The molecule has 0 aliphatic heterocycles. The Morgan fingerprint density at radius 3 is 2.52 bits per heavy atom. The number of aromatic nitrogens is 2. The summed E-state index contributed by atoms with van der Waals surface area (Å²) in [7, 11) is -3.37. The molecule has 0 saturated heterocycles. The highest BCUT2D eigenvalue weighted by molar-refractivity contribution is 7.91. The number of aryl methyl sites for hydroxylation is 1. The Bertz CT molecular complexity index is 963. The van der Waals surface area contributed by atoms with Gasteiger partial charge >= 0.3 is 0 Å². The molecule has 2 aromatic carbocycles. The van der Waals surface area contributed by atoms with Crippen LogP contribution in [0.25, 0.3) is 16.7 Å². The molecular formula is C16H16FN3O2S. The van der Waals surface area contributed by atoms with Crippen molar-refractivity contribution in [1.29, 1.82) is 0 Å². The Morgan fingerprint density at radius 2 is 1.87 bits per heavy atom. The molecule has 1 heterocycles. The van der Waals surface area contributed by atoms with Crippen LogP contribution in [0.5, 0.6) is 0 Å². The number of fused-ring (bicyclic) bond motifs is 1. The smallest absolute Gasteiger partial charge is 0.179 e. The Kier molecular flexibility index (Phi) is 3.91. The molecule has 0 atom stereocenters. The number of hydrogen-bond acceptors (Lipinski definition) is 4. The molecule has 2 N–H and O–H groups in total. The zero-order valence-electron chi connectivity index (χ0n) is 12.5. The molecule has 0 fully saturated rings. The van der Waals surface area contributed by atoms with Crippen LogP contribution in [0.1, 0.15) is 5.82 Å². The molecule has 0 radical (unpaired) electrons. The standard InChI is InChI=1S/C16H16FN3O2S/c1-11-19-15-7-2-12(17)10-16(15)20(11)13-3-5-14(6-4-13)23(21,22)9-8-18/h2-7,10H,8-9,18H2,1H3. The Labute approximate surface area is 133 Å². The SMILES string of the molecule is Cc1nc2ccc(F)cc2n1-c1ccc(S(=O)(=O)CCN)cc1. The highest BCUT2D eigenvalue weighted by atomic mass is 32.2. The lowest BCUT2D eigenvalue weighted by Crippen LogP contribution is -2.15. The van der Waals surface area contributed by atoms with Crippen LogP contribution in [0.2, 0.25) is 0 Å². The van der Waals surface area contributed by atoms with Gasteiger partial charge in [0.1, 0.15) is 11.6 Å². The van der Waals surface area contributed by atoms with E-state index in [1.165, 1.54) is 24.3 Å². The van der Waals surface area contributed by atoms with E-state index in [-0.39, 0.29) is 23.0 Å². The van der Waals surface area contributed by atoms with E-state index < -0.39 is 9.84 Å². The van der Waals surface area contributed by atoms with Crippen molar-refractivity contribution in [1.82, 2.24) is 9.55 Å². The van der Waals surface area contributed by atoms with Crippen molar-refractivity contribution in [3.8, 4) is 5.69 Å². The lowest BCUT2D eigenvalue weighted by molar-refractivity contribution is 0.596. The number of hydrogen-bond donors (Lipinski definition) is 1. The molecular weight excluding hydrogens is 317 g/mol. The van der Waals surface area contributed by atoms with Crippen LogP contribution in [0, 0.1) is 12.7 Å². The lowest BCUT2D eigenvalue weighted by Gasteiger charge is -2.09. The summed E-state index contributed by atoms with van der Waals surface area (Å²) >= 11 is 0. The quantitative estimate of drug-likeness (QED) is 0.794. The fourth-order valence-electron chi connectivity index (χ4n) is 2.57. The van der Waals surface area contributed by atoms with Crippen molar-refractivity contribution in [2.75, 3.05) is 12.3 Å². The van der Waals surface area contributed by atoms with Crippen LogP contribution in [0.4, 0.5) is 4.39 Å². The maximum atomic E-state index is 13.5. The first kappa shape index (κ1) is 15.6. The molecule has 0 spiro atoms. The summed E-state index contributed by atoms with van der Waals surface area (Å²) in [5.74, 6) is 0.258. The van der Waals surface area contributed by atoms with Gasteiger partial charge in [0, 0.05) is 18.3 Å². The molecule has 3 aromatic rings. The van der Waals surface area contributed by atoms with E-state index in [2.05, 4.69) is 4.98 Å². The maximum absolute atomic E-state index is 13.5. The molecule has 0 saturated carbocycles. The molecule has 0 bridgehead atoms. The average Bonchev–Trinajstić information content (AvgIpc) is 2.82. The van der Waals surface area contributed by atoms with Gasteiger partial charge in [0.15, 0.2) is 9.84 Å². The summed E-state index contributed by atoms with van der Waals surface area (Å²) in [5.41, 5.74) is 7.38. The van der Waals surface area contributed by atoms with Gasteiger partial charge in [-0.3, -0.25) is 4.57 Å². The molecule has 0 aliphatic rings. The van der Waals surface area contributed by atoms with E-state index in [0.29, 0.717) is 16.9 Å². The van der Waals surface area contributed by atoms with Crippen molar-refractivity contribution in [3.63, 3.8) is 0 Å². The zero-order chi connectivity index (χ0) is 16.6. The van der Waals surface area contributed by atoms with Crippen molar-refractivity contribution in [3.05, 3.63) is 54.1 Å². The Hall–Kier alpha value is -2.25. The second kappa shape index (κ2) is 5.75. The highest BCUT2D eigenvalue weighted by Gasteiger charge is 2.15. The summed E-state index contributed by atoms with van der Waals surface area (Å²) in [5, 5.41) is 0. The molecule has 120 valence electrons. The minimum absolute atomic E-state index is 0.0780. The minimum atomic E-state index is -3.37. The van der Waals surface area contributed by atoms with E-state index in [0.717, 1.165) is 5.69 Å². The molecule has 0 amide bonds. The van der Waals surface area contributed by atoms with Crippen LogP contribution in [-0.2, 0) is 9.84 Å². The highest BCUT2D eigenvalue weighted by Crippen LogP contribution is 2.23. The first-order valence-electron chi connectivity index (χ1n) is 7.10. The van der Waals surface area contributed by atoms with E-state index in [1.54, 1.807) is 22.8 Å². The van der Waals surface area contributed by atoms with Gasteiger partial charge in [0.2, 0.25) is 0 Å². The first-order chi connectivity index (χ1) is 10.9. The molecule has 7 heteroatoms. The normalized spacial score (nSPS) is 12.0. The molecule has 23 heavy (non-hydrogen) atoms. The summed E-state index contributed by atoms with van der Waals surface area (Å²) in [6, 6.07) is 10.8. The topological polar surface area (TPSA) is 78.0 Å². The van der Waals surface area contributed by atoms with Crippen molar-refractivity contribution >= 4 is 20.9 Å². The minimum Gasteiger partial charge on any atom is -0.329 e. The predicted octanol–water partition coefficient (Wildman–Crippen LogP) is 2.21. The number of nitrogens with two attached hydrogens (primary N) is 1. The van der Waals surface area contributed by atoms with Crippen LogP contribution in [-0.4, -0.2) is 30.3 Å². The Balaban J connectivity index is 2.10. The average molecular weight is 333 g/mol. The third kappa shape index (κ3) is 2.85. The molecule has 1 aromatic heterocycles. The van der Waals surface area contributed by atoms with Crippen LogP contribution in [0.3, 0.4) is 0 Å². The fourth-order valence-corrected chi connectivity index (χ4v) is 3.67. The van der Waals surface area contributed by atoms with Gasteiger partial charge in [0.05, 0.1) is 21.7 Å². The largest absolute Gasteiger partial charge is 0.329 e. The maximum Gasteiger partial charge on any atom is 0.179 e. The Morgan fingerprint density at radius 1 is 1.17 bits per heavy atom. The summed E-state index contributed by atoms with van der Waals surface area (Å²) in [6.07, 6.45) is 0. The van der Waals surface area contributed by atoms with Crippen molar-refractivity contribution in [2.24, 2.45) is 5.73 Å². The van der Waals surface area contributed by atoms with Crippen LogP contribution in [0.15, 0.2) is 47.4 Å². The summed E-state index contributed by atoms with van der Waals surface area (Å²) in [6.45, 7) is 1.89. The van der Waals surface area contributed by atoms with Gasteiger partial charge < -0.3 is 5.73 Å². The first-order valence-corrected chi connectivity index (χ1v) is 8.75. The number of nitrogens with zero attached hydrogens (tertiary/aromatic N) is 2. The predicted molar refractivity (Wildman–Crippen MR) is 86.9 cm³/mol. The summed E-state index contributed by atoms with van der Waals surface area (Å²) in [4.78, 5) is 4.61. The number of halogens is 1. The van der Waals surface area contributed by atoms with Gasteiger partial charge in [-0.2, -0.15) is 0 Å².